The normalized spacial score (nSPS) is 10.5. The van der Waals surface area contributed by atoms with Crippen molar-refractivity contribution in [3.8, 4) is 5.69 Å². The quantitative estimate of drug-likeness (QED) is 0.805. The number of hydrogen-bond donors (Lipinski definition) is 1. The van der Waals surface area contributed by atoms with Crippen LogP contribution < -0.4 is 5.32 Å². The molecule has 1 amide bonds. The molecule has 0 spiro atoms. The maximum atomic E-state index is 12.2. The fourth-order valence-corrected chi connectivity index (χ4v) is 2.23. The van der Waals surface area contributed by atoms with Crippen molar-refractivity contribution < 1.29 is 4.79 Å². The van der Waals surface area contributed by atoms with Crippen molar-refractivity contribution in [2.24, 2.45) is 0 Å². The van der Waals surface area contributed by atoms with E-state index < -0.39 is 0 Å². The van der Waals surface area contributed by atoms with Crippen molar-refractivity contribution in [1.82, 2.24) is 14.8 Å². The molecule has 0 aliphatic carbocycles. The van der Waals surface area contributed by atoms with Crippen LogP contribution in [0.2, 0.25) is 5.02 Å². The van der Waals surface area contributed by atoms with Crippen LogP contribution in [0.25, 0.3) is 5.69 Å². The van der Waals surface area contributed by atoms with E-state index in [-0.39, 0.29) is 5.91 Å². The summed E-state index contributed by atoms with van der Waals surface area (Å²) in [6.07, 6.45) is 3.33. The number of pyridine rings is 1. The largest absolute Gasteiger partial charge is 0.305 e. The summed E-state index contributed by atoms with van der Waals surface area (Å²) in [5, 5.41) is 7.57. The lowest BCUT2D eigenvalue weighted by atomic mass is 10.3. The van der Waals surface area contributed by atoms with Crippen LogP contribution in [0.5, 0.6) is 0 Å². The molecule has 0 bridgehead atoms. The van der Waals surface area contributed by atoms with Gasteiger partial charge in [0.25, 0.3) is 5.91 Å². The van der Waals surface area contributed by atoms with E-state index in [1.54, 1.807) is 29.2 Å². The summed E-state index contributed by atoms with van der Waals surface area (Å²) in [4.78, 5) is 16.4. The van der Waals surface area contributed by atoms with Crippen LogP contribution in [0.15, 0.2) is 54.9 Å². The number of carbonyl (C=O) groups is 1. The average Bonchev–Trinajstić information content (AvgIpc) is 3.00. The van der Waals surface area contributed by atoms with Gasteiger partial charge < -0.3 is 5.32 Å². The fourth-order valence-electron chi connectivity index (χ4n) is 2.00. The van der Waals surface area contributed by atoms with E-state index in [0.717, 1.165) is 11.3 Å². The van der Waals surface area contributed by atoms with Gasteiger partial charge in [-0.15, -0.1) is 0 Å². The Morgan fingerprint density at radius 2 is 2.00 bits per heavy atom. The number of benzene rings is 1. The molecular weight excluding hydrogens is 300 g/mol. The van der Waals surface area contributed by atoms with Crippen molar-refractivity contribution in [2.75, 3.05) is 5.32 Å². The second kappa shape index (κ2) is 5.99. The predicted molar refractivity (Wildman–Crippen MR) is 85.5 cm³/mol. The highest BCUT2D eigenvalue weighted by Gasteiger charge is 2.13. The summed E-state index contributed by atoms with van der Waals surface area (Å²) in [5.41, 5.74) is 1.91. The van der Waals surface area contributed by atoms with Crippen molar-refractivity contribution >= 4 is 23.3 Å². The number of nitrogens with zero attached hydrogens (tertiary/aromatic N) is 3. The highest BCUT2D eigenvalue weighted by Crippen LogP contribution is 2.19. The lowest BCUT2D eigenvalue weighted by Crippen LogP contribution is -2.15. The highest BCUT2D eigenvalue weighted by molar-refractivity contribution is 6.32. The molecule has 0 aliphatic rings. The molecule has 0 saturated heterocycles. The minimum atomic E-state index is -0.312. The molecule has 1 aromatic carbocycles. The molecule has 2 aromatic heterocycles. The molecular formula is C16H13ClN4O. The first kappa shape index (κ1) is 14.3. The fraction of sp³-hybridized carbons (Fsp3) is 0.0625. The third-order valence-electron chi connectivity index (χ3n) is 3.16. The van der Waals surface area contributed by atoms with Crippen LogP contribution in [0, 0.1) is 6.92 Å². The molecule has 0 fully saturated rings. The Kier molecular flexibility index (Phi) is 3.89. The summed E-state index contributed by atoms with van der Waals surface area (Å²) in [6.45, 7) is 1.88. The zero-order valence-corrected chi connectivity index (χ0v) is 12.6. The van der Waals surface area contributed by atoms with Crippen molar-refractivity contribution in [1.29, 1.82) is 0 Å². The molecule has 0 unspecified atom stereocenters. The van der Waals surface area contributed by atoms with Crippen LogP contribution in [-0.2, 0) is 0 Å². The highest BCUT2D eigenvalue weighted by atomic mass is 35.5. The van der Waals surface area contributed by atoms with Gasteiger partial charge in [0.2, 0.25) is 0 Å². The number of halogens is 1. The van der Waals surface area contributed by atoms with Gasteiger partial charge >= 0.3 is 0 Å². The van der Waals surface area contributed by atoms with Gasteiger partial charge in [0.15, 0.2) is 5.69 Å². The van der Waals surface area contributed by atoms with E-state index in [1.165, 1.54) is 0 Å². The molecule has 22 heavy (non-hydrogen) atoms. The molecule has 0 aliphatic heterocycles. The zero-order valence-electron chi connectivity index (χ0n) is 11.8. The number of nitrogens with one attached hydrogen (secondary N) is 1. The van der Waals surface area contributed by atoms with E-state index in [0.29, 0.717) is 16.5 Å². The molecule has 2 heterocycles. The van der Waals surface area contributed by atoms with Crippen LogP contribution in [0.1, 0.15) is 16.1 Å². The molecule has 110 valence electrons. The maximum Gasteiger partial charge on any atom is 0.277 e. The minimum Gasteiger partial charge on any atom is -0.305 e. The van der Waals surface area contributed by atoms with Crippen molar-refractivity contribution in [3.63, 3.8) is 0 Å². The molecule has 5 nitrogen and oxygen atoms in total. The van der Waals surface area contributed by atoms with Gasteiger partial charge in [0, 0.05) is 12.4 Å². The van der Waals surface area contributed by atoms with E-state index in [1.807, 2.05) is 37.3 Å². The topological polar surface area (TPSA) is 59.8 Å². The molecule has 0 atom stereocenters. The number of aryl methyl sites for hydroxylation is 1. The number of anilines is 1. The van der Waals surface area contributed by atoms with Gasteiger partial charge in [-0.2, -0.15) is 5.10 Å². The van der Waals surface area contributed by atoms with Gasteiger partial charge in [-0.25, -0.2) is 9.67 Å². The SMILES string of the molecule is Cc1cccnc1NC(=O)c1ccn(-c2ccccc2Cl)n1. The molecule has 3 rings (SSSR count). The molecule has 0 radical (unpaired) electrons. The molecule has 3 aromatic rings. The van der Waals surface area contributed by atoms with Gasteiger partial charge in [-0.1, -0.05) is 29.8 Å². The van der Waals surface area contributed by atoms with Crippen LogP contribution in [0.3, 0.4) is 0 Å². The van der Waals surface area contributed by atoms with E-state index in [2.05, 4.69) is 15.4 Å². The van der Waals surface area contributed by atoms with Crippen LogP contribution in [-0.4, -0.2) is 20.7 Å². The lowest BCUT2D eigenvalue weighted by molar-refractivity contribution is 0.102. The summed E-state index contributed by atoms with van der Waals surface area (Å²) in [6, 6.07) is 12.6. The second-order valence-corrected chi connectivity index (χ2v) is 5.13. The Bertz CT molecular complexity index is 828. The van der Waals surface area contributed by atoms with Gasteiger partial charge in [-0.3, -0.25) is 4.79 Å². The third-order valence-corrected chi connectivity index (χ3v) is 3.48. The predicted octanol–water partition coefficient (Wildman–Crippen LogP) is 3.48. The van der Waals surface area contributed by atoms with E-state index >= 15 is 0 Å². The number of hydrogen-bond acceptors (Lipinski definition) is 3. The number of para-hydroxylation sites is 1. The van der Waals surface area contributed by atoms with Gasteiger partial charge in [0.05, 0.1) is 10.7 Å². The summed E-state index contributed by atoms with van der Waals surface area (Å²) < 4.78 is 1.57. The van der Waals surface area contributed by atoms with E-state index in [9.17, 15) is 4.79 Å². The van der Waals surface area contributed by atoms with Crippen molar-refractivity contribution in [3.05, 3.63) is 71.1 Å². The summed E-state index contributed by atoms with van der Waals surface area (Å²) in [7, 11) is 0. The molecule has 1 N–H and O–H groups in total. The second-order valence-electron chi connectivity index (χ2n) is 4.72. The number of aromatic nitrogens is 3. The lowest BCUT2D eigenvalue weighted by Gasteiger charge is -2.05. The number of amides is 1. The minimum absolute atomic E-state index is 0.296. The van der Waals surface area contributed by atoms with Gasteiger partial charge in [0.1, 0.15) is 5.82 Å². The van der Waals surface area contributed by atoms with Crippen molar-refractivity contribution in [2.45, 2.75) is 6.92 Å². The standard InChI is InChI=1S/C16H13ClN4O/c1-11-5-4-9-18-15(11)19-16(22)13-8-10-21(20-13)14-7-3-2-6-12(14)17/h2-10H,1H3,(H,18,19,22). The summed E-state index contributed by atoms with van der Waals surface area (Å²) in [5.74, 6) is 0.215. The molecule has 6 heteroatoms. The smallest absolute Gasteiger partial charge is 0.277 e. The first-order valence-electron chi connectivity index (χ1n) is 6.69. The number of rotatable bonds is 3. The monoisotopic (exact) mass is 312 g/mol. The Labute approximate surface area is 132 Å². The third kappa shape index (κ3) is 2.84. The maximum absolute atomic E-state index is 12.2. The van der Waals surface area contributed by atoms with Crippen LogP contribution in [0.4, 0.5) is 5.82 Å². The average molecular weight is 313 g/mol. The molecule has 0 saturated carbocycles. The van der Waals surface area contributed by atoms with E-state index in [4.69, 9.17) is 11.6 Å². The Morgan fingerprint density at radius 1 is 1.18 bits per heavy atom. The summed E-state index contributed by atoms with van der Waals surface area (Å²) >= 11 is 6.13. The number of carbonyl (C=O) groups excluding carboxylic acids is 1. The Hall–Kier alpha value is -2.66. The Morgan fingerprint density at radius 3 is 2.77 bits per heavy atom. The first-order chi connectivity index (χ1) is 10.6. The first-order valence-corrected chi connectivity index (χ1v) is 7.06. The Balaban J connectivity index is 1.84. The van der Waals surface area contributed by atoms with Crippen LogP contribution >= 0.6 is 11.6 Å². The zero-order chi connectivity index (χ0) is 15.5. The van der Waals surface area contributed by atoms with Gasteiger partial charge in [-0.05, 0) is 36.8 Å².